The highest BCUT2D eigenvalue weighted by atomic mass is 79.9. The first-order chi connectivity index (χ1) is 13.1. The lowest BCUT2D eigenvalue weighted by molar-refractivity contribution is 0.0828. The van der Waals surface area contributed by atoms with Gasteiger partial charge in [-0.1, -0.05) is 20.3 Å². The van der Waals surface area contributed by atoms with Gasteiger partial charge in [-0.2, -0.15) is 0 Å². The molecule has 152 valence electrons. The fourth-order valence-electron chi connectivity index (χ4n) is 3.26. The summed E-state index contributed by atoms with van der Waals surface area (Å²) in [5.74, 6) is 0.961. The van der Waals surface area contributed by atoms with Crippen molar-refractivity contribution in [3.63, 3.8) is 0 Å². The molecule has 2 heterocycles. The molecule has 1 aliphatic heterocycles. The van der Waals surface area contributed by atoms with E-state index in [0.717, 1.165) is 28.7 Å². The van der Waals surface area contributed by atoms with E-state index in [0.29, 0.717) is 29.8 Å². The van der Waals surface area contributed by atoms with Crippen molar-refractivity contribution in [3.05, 3.63) is 38.3 Å². The monoisotopic (exact) mass is 467 g/mol. The molecule has 0 spiro atoms. The molecule has 28 heavy (non-hydrogen) atoms. The van der Waals surface area contributed by atoms with Gasteiger partial charge in [0.15, 0.2) is 0 Å². The molecule has 2 aromatic rings. The third-order valence-corrected chi connectivity index (χ3v) is 6.84. The highest BCUT2D eigenvalue weighted by Gasteiger charge is 2.28. The Hall–Kier alpha value is -1.22. The molecule has 0 aliphatic carbocycles. The third-order valence-electron chi connectivity index (χ3n) is 4.90. The molecule has 1 saturated heterocycles. The predicted molar refractivity (Wildman–Crippen MR) is 118 cm³/mol. The quantitative estimate of drug-likeness (QED) is 0.506. The standard InChI is InChI=1S/C20H26BrN3O3S/c1-12(23-28(26)20(2,3)4)15-10-14(21)11-16-17(15)22-18(24(5)19(16)25)13-6-8-27-9-7-13/h10-11,13H,6-9H2,1-5H3/b23-12+/t28-/m1/s1. The molecule has 1 fully saturated rings. The molecule has 3 rings (SSSR count). The normalized spacial score (nSPS) is 17.9. The maximum atomic E-state index is 13.1. The molecule has 0 unspecified atom stereocenters. The van der Waals surface area contributed by atoms with E-state index in [1.165, 1.54) is 0 Å². The first-order valence-electron chi connectivity index (χ1n) is 9.35. The maximum absolute atomic E-state index is 13.1. The van der Waals surface area contributed by atoms with E-state index in [1.807, 2.05) is 33.8 Å². The summed E-state index contributed by atoms with van der Waals surface area (Å²) in [6.07, 6.45) is 1.69. The van der Waals surface area contributed by atoms with Crippen LogP contribution >= 0.6 is 15.9 Å². The minimum Gasteiger partial charge on any atom is -0.591 e. The van der Waals surface area contributed by atoms with Crippen LogP contribution in [0.25, 0.3) is 10.9 Å². The number of fused-ring (bicyclic) bond motifs is 1. The highest BCUT2D eigenvalue weighted by molar-refractivity contribution is 9.10. The van der Waals surface area contributed by atoms with Crippen molar-refractivity contribution >= 4 is 43.9 Å². The Morgan fingerprint density at radius 3 is 2.61 bits per heavy atom. The Morgan fingerprint density at radius 2 is 2.00 bits per heavy atom. The van der Waals surface area contributed by atoms with E-state index in [1.54, 1.807) is 17.7 Å². The second-order valence-electron chi connectivity index (χ2n) is 8.11. The van der Waals surface area contributed by atoms with Crippen LogP contribution in [0.3, 0.4) is 0 Å². The fraction of sp³-hybridized carbons (Fsp3) is 0.550. The zero-order valence-corrected chi connectivity index (χ0v) is 19.3. The van der Waals surface area contributed by atoms with E-state index in [-0.39, 0.29) is 11.5 Å². The van der Waals surface area contributed by atoms with Gasteiger partial charge in [-0.25, -0.2) is 4.98 Å². The molecule has 0 bridgehead atoms. The molecule has 8 heteroatoms. The van der Waals surface area contributed by atoms with E-state index in [2.05, 4.69) is 20.3 Å². The molecule has 1 atom stereocenters. The summed E-state index contributed by atoms with van der Waals surface area (Å²) in [5.41, 5.74) is 1.87. The van der Waals surface area contributed by atoms with Crippen LogP contribution in [0.1, 0.15) is 57.8 Å². The summed E-state index contributed by atoms with van der Waals surface area (Å²) in [7, 11) is 1.77. The number of halogens is 1. The van der Waals surface area contributed by atoms with Gasteiger partial charge >= 0.3 is 0 Å². The van der Waals surface area contributed by atoms with E-state index in [4.69, 9.17) is 9.72 Å². The van der Waals surface area contributed by atoms with Crippen molar-refractivity contribution < 1.29 is 9.29 Å². The first-order valence-corrected chi connectivity index (χ1v) is 11.2. The van der Waals surface area contributed by atoms with Crippen LogP contribution in [0.2, 0.25) is 0 Å². The summed E-state index contributed by atoms with van der Waals surface area (Å²) >= 11 is 2.10. The predicted octanol–water partition coefficient (Wildman–Crippen LogP) is 3.86. The zero-order chi connectivity index (χ0) is 20.6. The number of hydrogen-bond acceptors (Lipinski definition) is 5. The van der Waals surface area contributed by atoms with Gasteiger partial charge in [0, 0.05) is 36.2 Å². The Bertz CT molecular complexity index is 975. The lowest BCUT2D eigenvalue weighted by atomic mass is 9.98. The number of nitrogens with zero attached hydrogens (tertiary/aromatic N) is 3. The van der Waals surface area contributed by atoms with Gasteiger partial charge in [0.2, 0.25) is 0 Å². The minimum absolute atomic E-state index is 0.0845. The van der Waals surface area contributed by atoms with E-state index in [9.17, 15) is 9.35 Å². The second kappa shape index (κ2) is 8.26. The smallest absolute Gasteiger partial charge is 0.261 e. The second-order valence-corrected chi connectivity index (χ2v) is 10.9. The minimum atomic E-state index is -1.39. The van der Waals surface area contributed by atoms with Gasteiger partial charge in [0.25, 0.3) is 5.56 Å². The van der Waals surface area contributed by atoms with Crippen molar-refractivity contribution in [1.29, 1.82) is 0 Å². The van der Waals surface area contributed by atoms with Crippen LogP contribution in [-0.4, -0.2) is 37.8 Å². The lowest BCUT2D eigenvalue weighted by Crippen LogP contribution is -2.28. The van der Waals surface area contributed by atoms with Gasteiger partial charge in [0.1, 0.15) is 21.9 Å². The van der Waals surface area contributed by atoms with E-state index >= 15 is 0 Å². The number of aromatic nitrogens is 2. The average Bonchev–Trinajstić information content (AvgIpc) is 2.64. The van der Waals surface area contributed by atoms with Crippen molar-refractivity contribution in [2.24, 2.45) is 11.4 Å². The maximum Gasteiger partial charge on any atom is 0.261 e. The summed E-state index contributed by atoms with van der Waals surface area (Å²) in [4.78, 5) is 18.0. The summed E-state index contributed by atoms with van der Waals surface area (Å²) in [6.45, 7) is 8.83. The highest BCUT2D eigenvalue weighted by Crippen LogP contribution is 2.28. The molecule has 1 aromatic heterocycles. The topological polar surface area (TPSA) is 79.5 Å². The molecule has 1 aliphatic rings. The fourth-order valence-corrected chi connectivity index (χ4v) is 4.34. The summed E-state index contributed by atoms with van der Waals surface area (Å²) in [5, 5.41) is 0.527. The first kappa shape index (κ1) is 21.5. The van der Waals surface area contributed by atoms with Gasteiger partial charge in [-0.3, -0.25) is 9.36 Å². The van der Waals surface area contributed by atoms with Crippen molar-refractivity contribution in [2.45, 2.75) is 51.2 Å². The van der Waals surface area contributed by atoms with Gasteiger partial charge < -0.3 is 9.29 Å². The van der Waals surface area contributed by atoms with Crippen LogP contribution in [0.4, 0.5) is 0 Å². The largest absolute Gasteiger partial charge is 0.591 e. The number of benzene rings is 1. The Labute approximate surface area is 176 Å². The molecule has 6 nitrogen and oxygen atoms in total. The van der Waals surface area contributed by atoms with Gasteiger partial charge in [-0.05, 0) is 52.7 Å². The van der Waals surface area contributed by atoms with Crippen LogP contribution in [0.5, 0.6) is 0 Å². The molecule has 1 aromatic carbocycles. The number of hydrogen-bond donors (Lipinski definition) is 0. The van der Waals surface area contributed by atoms with Gasteiger partial charge in [0.05, 0.1) is 16.6 Å². The average molecular weight is 468 g/mol. The van der Waals surface area contributed by atoms with Crippen LogP contribution in [-0.2, 0) is 23.1 Å². The van der Waals surface area contributed by atoms with Crippen LogP contribution in [0, 0.1) is 0 Å². The number of ether oxygens (including phenoxy) is 1. The molecule has 0 amide bonds. The molecule has 0 N–H and O–H groups in total. The number of rotatable bonds is 3. The summed E-state index contributed by atoms with van der Waals surface area (Å²) in [6, 6.07) is 3.68. The van der Waals surface area contributed by atoms with Gasteiger partial charge in [-0.15, -0.1) is 0 Å². The van der Waals surface area contributed by atoms with Crippen LogP contribution < -0.4 is 5.56 Å². The van der Waals surface area contributed by atoms with Crippen molar-refractivity contribution in [1.82, 2.24) is 9.55 Å². The van der Waals surface area contributed by atoms with Crippen molar-refractivity contribution in [3.8, 4) is 0 Å². The third kappa shape index (κ3) is 4.35. The molecule has 0 saturated carbocycles. The van der Waals surface area contributed by atoms with Crippen molar-refractivity contribution in [2.75, 3.05) is 13.2 Å². The SMILES string of the molecule is C/C(=N\[S@+]([O-])C(C)(C)C)c1cc(Br)cc2c(=O)n(C)c(C3CCOCC3)nc12. The lowest BCUT2D eigenvalue weighted by Gasteiger charge is -2.24. The molecular formula is C20H26BrN3O3S. The Balaban J connectivity index is 2.21. The molecular weight excluding hydrogens is 442 g/mol. The summed E-state index contributed by atoms with van der Waals surface area (Å²) < 4.78 is 24.3. The Kier molecular flexibility index (Phi) is 6.34. The Morgan fingerprint density at radius 1 is 1.36 bits per heavy atom. The molecule has 0 radical (unpaired) electrons. The zero-order valence-electron chi connectivity index (χ0n) is 16.9. The van der Waals surface area contributed by atoms with E-state index < -0.39 is 16.1 Å². The van der Waals surface area contributed by atoms with Crippen LogP contribution in [0.15, 0.2) is 25.8 Å².